The standard InChI is InChI=1S/C24H25ClN4O4/c1-17-22(23(31)26(2)24(32)29(17)19-6-4-3-5-7-19)28-14-12-27(13-15-28)21(30)16-33-20-10-8-18(25)9-11-20/h3-11H,12-16H2,1-2H3. The minimum Gasteiger partial charge on any atom is -0.484 e. The normalized spacial score (nSPS) is 13.8. The number of anilines is 1. The van der Waals surface area contributed by atoms with Gasteiger partial charge in [0.15, 0.2) is 6.61 Å². The van der Waals surface area contributed by atoms with Gasteiger partial charge in [-0.15, -0.1) is 0 Å². The Morgan fingerprint density at radius 2 is 1.61 bits per heavy atom. The number of hydrogen-bond acceptors (Lipinski definition) is 5. The fourth-order valence-corrected chi connectivity index (χ4v) is 4.12. The zero-order valence-electron chi connectivity index (χ0n) is 18.5. The summed E-state index contributed by atoms with van der Waals surface area (Å²) < 4.78 is 8.25. The van der Waals surface area contributed by atoms with Crippen LogP contribution in [-0.4, -0.2) is 52.7 Å². The van der Waals surface area contributed by atoms with E-state index in [1.807, 2.05) is 35.2 Å². The van der Waals surface area contributed by atoms with Gasteiger partial charge in [0.25, 0.3) is 11.5 Å². The Bertz CT molecular complexity index is 1260. The molecule has 9 heteroatoms. The van der Waals surface area contributed by atoms with Crippen LogP contribution in [0.3, 0.4) is 0 Å². The molecule has 8 nitrogen and oxygen atoms in total. The van der Waals surface area contributed by atoms with E-state index in [9.17, 15) is 14.4 Å². The minimum atomic E-state index is -0.388. The average molecular weight is 469 g/mol. The maximum absolute atomic E-state index is 13.0. The first-order chi connectivity index (χ1) is 15.9. The van der Waals surface area contributed by atoms with E-state index in [1.165, 1.54) is 7.05 Å². The lowest BCUT2D eigenvalue weighted by atomic mass is 10.2. The van der Waals surface area contributed by atoms with Gasteiger partial charge in [-0.05, 0) is 43.3 Å². The molecule has 0 radical (unpaired) electrons. The molecule has 33 heavy (non-hydrogen) atoms. The summed E-state index contributed by atoms with van der Waals surface area (Å²) in [4.78, 5) is 42.1. The van der Waals surface area contributed by atoms with Crippen LogP contribution in [-0.2, 0) is 11.8 Å². The Balaban J connectivity index is 1.49. The molecule has 0 bridgehead atoms. The number of ether oxygens (including phenoxy) is 1. The van der Waals surface area contributed by atoms with E-state index in [0.29, 0.717) is 54.0 Å². The molecule has 0 saturated carbocycles. The van der Waals surface area contributed by atoms with Crippen LogP contribution >= 0.6 is 11.6 Å². The molecule has 2 aromatic carbocycles. The van der Waals surface area contributed by atoms with Crippen LogP contribution in [0.1, 0.15) is 5.69 Å². The predicted molar refractivity (Wildman–Crippen MR) is 128 cm³/mol. The Morgan fingerprint density at radius 3 is 2.24 bits per heavy atom. The maximum Gasteiger partial charge on any atom is 0.335 e. The van der Waals surface area contributed by atoms with Crippen LogP contribution < -0.4 is 20.9 Å². The number of carbonyl (C=O) groups is 1. The molecule has 1 saturated heterocycles. The molecule has 0 unspecified atom stereocenters. The first-order valence-electron chi connectivity index (χ1n) is 10.7. The average Bonchev–Trinajstić information content (AvgIpc) is 2.83. The number of amides is 1. The second-order valence-electron chi connectivity index (χ2n) is 7.86. The number of rotatable bonds is 5. The summed E-state index contributed by atoms with van der Waals surface area (Å²) in [5.41, 5.74) is 1.03. The topological polar surface area (TPSA) is 76.8 Å². The van der Waals surface area contributed by atoms with Gasteiger partial charge in [-0.1, -0.05) is 29.8 Å². The molecule has 1 aromatic heterocycles. The van der Waals surface area contributed by atoms with Crippen LogP contribution in [0.2, 0.25) is 5.02 Å². The van der Waals surface area contributed by atoms with Crippen molar-refractivity contribution in [2.24, 2.45) is 7.05 Å². The smallest absolute Gasteiger partial charge is 0.335 e. The highest BCUT2D eigenvalue weighted by Gasteiger charge is 2.26. The largest absolute Gasteiger partial charge is 0.484 e. The van der Waals surface area contributed by atoms with E-state index < -0.39 is 0 Å². The molecule has 0 atom stereocenters. The molecule has 2 heterocycles. The quantitative estimate of drug-likeness (QED) is 0.574. The van der Waals surface area contributed by atoms with Crippen molar-refractivity contribution in [1.29, 1.82) is 0 Å². The summed E-state index contributed by atoms with van der Waals surface area (Å²) in [5.74, 6) is 0.456. The number of hydrogen-bond donors (Lipinski definition) is 0. The van der Waals surface area contributed by atoms with Gasteiger partial charge in [0.1, 0.15) is 11.4 Å². The zero-order chi connectivity index (χ0) is 23.5. The van der Waals surface area contributed by atoms with E-state index in [0.717, 1.165) is 4.57 Å². The fraction of sp³-hybridized carbons (Fsp3) is 0.292. The van der Waals surface area contributed by atoms with Gasteiger partial charge in [0.2, 0.25) is 0 Å². The number of aromatic nitrogens is 2. The van der Waals surface area contributed by atoms with Crippen molar-refractivity contribution >= 4 is 23.2 Å². The van der Waals surface area contributed by atoms with Crippen molar-refractivity contribution in [1.82, 2.24) is 14.0 Å². The predicted octanol–water partition coefficient (Wildman–Crippen LogP) is 2.23. The number of halogens is 1. The van der Waals surface area contributed by atoms with Crippen LogP contribution in [0.4, 0.5) is 5.69 Å². The zero-order valence-corrected chi connectivity index (χ0v) is 19.3. The van der Waals surface area contributed by atoms with Gasteiger partial charge in [-0.2, -0.15) is 0 Å². The molecule has 0 aliphatic carbocycles. The van der Waals surface area contributed by atoms with Crippen LogP contribution in [0.5, 0.6) is 5.75 Å². The Labute approximate surface area is 196 Å². The summed E-state index contributed by atoms with van der Waals surface area (Å²) in [7, 11) is 1.49. The first-order valence-corrected chi connectivity index (χ1v) is 11.0. The maximum atomic E-state index is 13.0. The third-order valence-corrected chi connectivity index (χ3v) is 6.05. The number of carbonyl (C=O) groups excluding carboxylic acids is 1. The van der Waals surface area contributed by atoms with Gasteiger partial charge >= 0.3 is 5.69 Å². The van der Waals surface area contributed by atoms with Crippen LogP contribution in [0.15, 0.2) is 64.2 Å². The monoisotopic (exact) mass is 468 g/mol. The second kappa shape index (κ2) is 9.54. The second-order valence-corrected chi connectivity index (χ2v) is 8.30. The van der Waals surface area contributed by atoms with E-state index in [1.54, 1.807) is 40.7 Å². The molecule has 1 aliphatic rings. The highest BCUT2D eigenvalue weighted by atomic mass is 35.5. The third kappa shape index (κ3) is 4.66. The molecule has 172 valence electrons. The SMILES string of the molecule is Cc1c(N2CCN(C(=O)COc3ccc(Cl)cc3)CC2)c(=O)n(C)c(=O)n1-c1ccccc1. The molecule has 1 fully saturated rings. The van der Waals surface area contributed by atoms with Crippen molar-refractivity contribution in [2.75, 3.05) is 37.7 Å². The molecular weight excluding hydrogens is 444 g/mol. The number of nitrogens with zero attached hydrogens (tertiary/aromatic N) is 4. The summed E-state index contributed by atoms with van der Waals surface area (Å²) >= 11 is 5.87. The first kappa shape index (κ1) is 22.7. The lowest BCUT2D eigenvalue weighted by Crippen LogP contribution is -2.52. The highest BCUT2D eigenvalue weighted by molar-refractivity contribution is 6.30. The Hall–Kier alpha value is -3.52. The molecule has 0 N–H and O–H groups in total. The summed E-state index contributed by atoms with van der Waals surface area (Å²) in [6.07, 6.45) is 0. The third-order valence-electron chi connectivity index (χ3n) is 5.80. The number of benzene rings is 2. The highest BCUT2D eigenvalue weighted by Crippen LogP contribution is 2.19. The van der Waals surface area contributed by atoms with Crippen molar-refractivity contribution in [3.8, 4) is 11.4 Å². The number of para-hydroxylation sites is 1. The minimum absolute atomic E-state index is 0.0681. The van der Waals surface area contributed by atoms with Crippen molar-refractivity contribution in [2.45, 2.75) is 6.92 Å². The van der Waals surface area contributed by atoms with Crippen LogP contribution in [0.25, 0.3) is 5.69 Å². The molecular formula is C24H25ClN4O4. The van der Waals surface area contributed by atoms with E-state index in [4.69, 9.17) is 16.3 Å². The lowest BCUT2D eigenvalue weighted by molar-refractivity contribution is -0.133. The van der Waals surface area contributed by atoms with Gasteiger partial charge in [-0.25, -0.2) is 4.79 Å². The molecule has 1 amide bonds. The van der Waals surface area contributed by atoms with E-state index in [2.05, 4.69) is 0 Å². The Kier molecular flexibility index (Phi) is 6.55. The summed E-state index contributed by atoms with van der Waals surface area (Å²) in [5, 5.41) is 0.602. The van der Waals surface area contributed by atoms with Gasteiger partial charge in [0, 0.05) is 38.2 Å². The fourth-order valence-electron chi connectivity index (χ4n) is 3.99. The molecule has 0 spiro atoms. The summed E-state index contributed by atoms with van der Waals surface area (Å²) in [6.45, 7) is 3.58. The van der Waals surface area contributed by atoms with Gasteiger partial charge < -0.3 is 14.5 Å². The molecule has 4 rings (SSSR count). The Morgan fingerprint density at radius 1 is 0.970 bits per heavy atom. The molecule has 1 aliphatic heterocycles. The van der Waals surface area contributed by atoms with E-state index in [-0.39, 0.29) is 23.8 Å². The molecule has 3 aromatic rings. The number of piperazine rings is 1. The van der Waals surface area contributed by atoms with Crippen molar-refractivity contribution in [3.05, 3.63) is 86.2 Å². The van der Waals surface area contributed by atoms with Crippen LogP contribution in [0, 0.1) is 6.92 Å². The van der Waals surface area contributed by atoms with Crippen molar-refractivity contribution < 1.29 is 9.53 Å². The van der Waals surface area contributed by atoms with Gasteiger partial charge in [0.05, 0.1) is 11.4 Å². The summed E-state index contributed by atoms with van der Waals surface area (Å²) in [6, 6.07) is 16.1. The van der Waals surface area contributed by atoms with Crippen molar-refractivity contribution in [3.63, 3.8) is 0 Å². The lowest BCUT2D eigenvalue weighted by Gasteiger charge is -2.36. The van der Waals surface area contributed by atoms with E-state index >= 15 is 0 Å². The van der Waals surface area contributed by atoms with Gasteiger partial charge in [-0.3, -0.25) is 18.7 Å².